The largest absolute Gasteiger partial charge is 0.334 e. The second-order valence-corrected chi connectivity index (χ2v) is 4.69. The van der Waals surface area contributed by atoms with Crippen molar-refractivity contribution in [2.45, 2.75) is 6.04 Å². The molecule has 0 saturated carbocycles. The minimum absolute atomic E-state index is 0.204. The molecule has 1 aliphatic rings. The van der Waals surface area contributed by atoms with Gasteiger partial charge in [0.15, 0.2) is 0 Å². The maximum absolute atomic E-state index is 12.2. The molecular weight excluding hydrogens is 244 g/mol. The first kappa shape index (κ1) is 11.7. The molecule has 0 aliphatic carbocycles. The molecule has 0 N–H and O–H groups in total. The molecule has 2 aromatic rings. The molecule has 1 fully saturated rings. The summed E-state index contributed by atoms with van der Waals surface area (Å²) in [6.45, 7) is 1.19. The van der Waals surface area contributed by atoms with E-state index in [4.69, 9.17) is 0 Å². The van der Waals surface area contributed by atoms with Crippen molar-refractivity contribution < 1.29 is 4.79 Å². The predicted molar refractivity (Wildman–Crippen MR) is 68.9 cm³/mol. The van der Waals surface area contributed by atoms with Crippen molar-refractivity contribution in [2.24, 2.45) is 7.05 Å². The van der Waals surface area contributed by atoms with Gasteiger partial charge in [0.2, 0.25) is 0 Å². The Bertz CT molecular complexity index is 654. The topological polar surface area (TPSA) is 60.1 Å². The first-order valence-electron chi connectivity index (χ1n) is 6.11. The molecule has 0 unspecified atom stereocenters. The molecular formula is C13H14N4O2. The van der Waals surface area contributed by atoms with Gasteiger partial charge in [0, 0.05) is 38.7 Å². The molecule has 0 radical (unpaired) electrons. The summed E-state index contributed by atoms with van der Waals surface area (Å²) in [5, 5.41) is 4.15. The van der Waals surface area contributed by atoms with Gasteiger partial charge in [0.1, 0.15) is 5.56 Å². The highest BCUT2D eigenvalue weighted by Crippen LogP contribution is 2.21. The van der Waals surface area contributed by atoms with Gasteiger partial charge in [-0.25, -0.2) is 0 Å². The zero-order chi connectivity index (χ0) is 13.4. The number of carbonyl (C=O) groups excluding carboxylic acids is 1. The van der Waals surface area contributed by atoms with Crippen LogP contribution in [0.3, 0.4) is 0 Å². The Morgan fingerprint density at radius 1 is 1.32 bits per heavy atom. The molecule has 3 heterocycles. The van der Waals surface area contributed by atoms with Crippen molar-refractivity contribution in [3.8, 4) is 0 Å². The first-order valence-corrected chi connectivity index (χ1v) is 6.11. The minimum Gasteiger partial charge on any atom is -0.334 e. The van der Waals surface area contributed by atoms with Crippen molar-refractivity contribution in [2.75, 3.05) is 13.1 Å². The lowest BCUT2D eigenvalue weighted by molar-refractivity contribution is 0.0499. The van der Waals surface area contributed by atoms with Gasteiger partial charge in [-0.2, -0.15) is 5.10 Å². The average molecular weight is 258 g/mol. The molecule has 19 heavy (non-hydrogen) atoms. The smallest absolute Gasteiger partial charge is 0.263 e. The van der Waals surface area contributed by atoms with Gasteiger partial charge in [0.25, 0.3) is 11.5 Å². The molecule has 3 rings (SSSR count). The lowest BCUT2D eigenvalue weighted by Crippen LogP contribution is -2.52. The Kier molecular flexibility index (Phi) is 2.70. The lowest BCUT2D eigenvalue weighted by atomic mass is 10.1. The van der Waals surface area contributed by atoms with Crippen molar-refractivity contribution in [1.29, 1.82) is 0 Å². The Morgan fingerprint density at radius 2 is 2.11 bits per heavy atom. The highest BCUT2D eigenvalue weighted by molar-refractivity contribution is 5.94. The number of nitrogens with zero attached hydrogens (tertiary/aromatic N) is 4. The molecule has 1 saturated heterocycles. The molecule has 98 valence electrons. The normalized spacial score (nSPS) is 15.3. The van der Waals surface area contributed by atoms with Crippen LogP contribution in [0.5, 0.6) is 0 Å². The second-order valence-electron chi connectivity index (χ2n) is 4.69. The number of aromatic nitrogens is 3. The van der Waals surface area contributed by atoms with Crippen molar-refractivity contribution >= 4 is 5.91 Å². The van der Waals surface area contributed by atoms with Crippen LogP contribution in [0.15, 0.2) is 41.6 Å². The van der Waals surface area contributed by atoms with Crippen LogP contribution in [0.4, 0.5) is 0 Å². The molecule has 1 amide bonds. The number of amides is 1. The van der Waals surface area contributed by atoms with Gasteiger partial charge < -0.3 is 9.47 Å². The van der Waals surface area contributed by atoms with Crippen molar-refractivity contribution in [1.82, 2.24) is 19.2 Å². The number of carbonyl (C=O) groups is 1. The number of hydrogen-bond donors (Lipinski definition) is 0. The monoisotopic (exact) mass is 258 g/mol. The molecule has 0 bridgehead atoms. The third-order valence-electron chi connectivity index (χ3n) is 3.40. The van der Waals surface area contributed by atoms with E-state index in [1.54, 1.807) is 36.5 Å². The van der Waals surface area contributed by atoms with Crippen molar-refractivity contribution in [3.63, 3.8) is 0 Å². The standard InChI is InChI=1S/C13H14N4O2/c1-15-6-2-4-11(12(15)18)13(19)16-8-10(9-16)17-7-3-5-14-17/h2-7,10H,8-9H2,1H3. The van der Waals surface area contributed by atoms with Gasteiger partial charge in [0.05, 0.1) is 6.04 Å². The maximum atomic E-state index is 12.2. The van der Waals surface area contributed by atoms with E-state index in [9.17, 15) is 9.59 Å². The number of aryl methyl sites for hydroxylation is 1. The third-order valence-corrected chi connectivity index (χ3v) is 3.40. The Morgan fingerprint density at radius 3 is 2.79 bits per heavy atom. The second kappa shape index (κ2) is 4.38. The van der Waals surface area contributed by atoms with E-state index >= 15 is 0 Å². The highest BCUT2D eigenvalue weighted by Gasteiger charge is 2.33. The van der Waals surface area contributed by atoms with E-state index in [0.29, 0.717) is 13.1 Å². The Hall–Kier alpha value is -2.37. The highest BCUT2D eigenvalue weighted by atomic mass is 16.2. The van der Waals surface area contributed by atoms with E-state index in [0.717, 1.165) is 0 Å². The Labute approximate surface area is 109 Å². The number of pyridine rings is 1. The predicted octanol–water partition coefficient (Wildman–Crippen LogP) is 0.279. The van der Waals surface area contributed by atoms with Gasteiger partial charge in [-0.05, 0) is 18.2 Å². The SMILES string of the molecule is Cn1cccc(C(=O)N2CC(n3cccn3)C2)c1=O. The van der Waals surface area contributed by atoms with Gasteiger partial charge in [-0.15, -0.1) is 0 Å². The summed E-state index contributed by atoms with van der Waals surface area (Å²) in [5.74, 6) is -0.204. The van der Waals surface area contributed by atoms with Gasteiger partial charge in [-0.3, -0.25) is 14.3 Å². The first-order chi connectivity index (χ1) is 9.16. The summed E-state index contributed by atoms with van der Waals surface area (Å²) in [6.07, 6.45) is 5.24. The van der Waals surface area contributed by atoms with Crippen LogP contribution in [-0.2, 0) is 7.05 Å². The molecule has 2 aromatic heterocycles. The van der Waals surface area contributed by atoms with Crippen LogP contribution in [0.2, 0.25) is 0 Å². The van der Waals surface area contributed by atoms with Crippen LogP contribution in [-0.4, -0.2) is 38.2 Å². The minimum atomic E-state index is -0.255. The maximum Gasteiger partial charge on any atom is 0.263 e. The molecule has 1 aliphatic heterocycles. The average Bonchev–Trinajstić information content (AvgIpc) is 2.84. The molecule has 0 spiro atoms. The number of rotatable bonds is 2. The van der Waals surface area contributed by atoms with Crippen LogP contribution in [0.25, 0.3) is 0 Å². The molecule has 6 nitrogen and oxygen atoms in total. The summed E-state index contributed by atoms with van der Waals surface area (Å²) in [7, 11) is 1.64. The summed E-state index contributed by atoms with van der Waals surface area (Å²) >= 11 is 0. The fourth-order valence-electron chi connectivity index (χ4n) is 2.22. The zero-order valence-corrected chi connectivity index (χ0v) is 10.6. The fourth-order valence-corrected chi connectivity index (χ4v) is 2.22. The van der Waals surface area contributed by atoms with Crippen LogP contribution in [0, 0.1) is 0 Å². The van der Waals surface area contributed by atoms with Gasteiger partial charge >= 0.3 is 0 Å². The zero-order valence-electron chi connectivity index (χ0n) is 10.6. The summed E-state index contributed by atoms with van der Waals surface area (Å²) < 4.78 is 3.25. The number of likely N-dealkylation sites (tertiary alicyclic amines) is 1. The van der Waals surface area contributed by atoms with E-state index < -0.39 is 0 Å². The Balaban J connectivity index is 1.74. The third kappa shape index (κ3) is 1.95. The van der Waals surface area contributed by atoms with E-state index in [1.807, 2.05) is 16.9 Å². The van der Waals surface area contributed by atoms with Gasteiger partial charge in [-0.1, -0.05) is 0 Å². The molecule has 0 aromatic carbocycles. The molecule has 6 heteroatoms. The lowest BCUT2D eigenvalue weighted by Gasteiger charge is -2.39. The van der Waals surface area contributed by atoms with Crippen molar-refractivity contribution in [3.05, 3.63) is 52.7 Å². The summed E-state index contributed by atoms with van der Waals surface area (Å²) in [5.41, 5.74) is -0.0287. The van der Waals surface area contributed by atoms with E-state index in [2.05, 4.69) is 5.10 Å². The summed E-state index contributed by atoms with van der Waals surface area (Å²) in [6, 6.07) is 5.36. The molecule has 0 atom stereocenters. The van der Waals surface area contributed by atoms with Crippen LogP contribution < -0.4 is 5.56 Å². The summed E-state index contributed by atoms with van der Waals surface area (Å²) in [4.78, 5) is 25.7. The quantitative estimate of drug-likeness (QED) is 0.777. The van der Waals surface area contributed by atoms with E-state index in [-0.39, 0.29) is 23.1 Å². The van der Waals surface area contributed by atoms with Crippen LogP contribution >= 0.6 is 0 Å². The van der Waals surface area contributed by atoms with Crippen LogP contribution in [0.1, 0.15) is 16.4 Å². The number of hydrogen-bond acceptors (Lipinski definition) is 3. The van der Waals surface area contributed by atoms with E-state index in [1.165, 1.54) is 4.57 Å². The fraction of sp³-hybridized carbons (Fsp3) is 0.308.